The molecule has 18 heavy (non-hydrogen) atoms. The molecule has 6 nitrogen and oxygen atoms in total. The molecule has 0 aliphatic carbocycles. The molecule has 0 aliphatic heterocycles. The topological polar surface area (TPSA) is 81.9 Å². The predicted octanol–water partition coefficient (Wildman–Crippen LogP) is 0.522. The SMILES string of the molecule is COc1ccc(C(=O)OCC(=O)N(C)C)cc1N. The Kier molecular flexibility index (Phi) is 4.53. The van der Waals surface area contributed by atoms with E-state index in [0.29, 0.717) is 11.4 Å². The number of nitrogens with two attached hydrogens (primary N) is 1. The lowest BCUT2D eigenvalue weighted by Gasteiger charge is -2.11. The summed E-state index contributed by atoms with van der Waals surface area (Å²) in [6, 6.07) is 4.54. The summed E-state index contributed by atoms with van der Waals surface area (Å²) in [5.41, 5.74) is 6.28. The molecular formula is C12H16N2O4. The third-order valence-electron chi connectivity index (χ3n) is 2.29. The third kappa shape index (κ3) is 3.38. The van der Waals surface area contributed by atoms with E-state index >= 15 is 0 Å². The largest absolute Gasteiger partial charge is 0.495 e. The van der Waals surface area contributed by atoms with Crippen molar-refractivity contribution >= 4 is 17.6 Å². The molecule has 1 aromatic rings. The number of hydrogen-bond donors (Lipinski definition) is 1. The van der Waals surface area contributed by atoms with Crippen LogP contribution in [-0.4, -0.2) is 44.6 Å². The number of anilines is 1. The maximum Gasteiger partial charge on any atom is 0.338 e. The number of nitrogens with zero attached hydrogens (tertiary/aromatic N) is 1. The second-order valence-electron chi connectivity index (χ2n) is 3.82. The van der Waals surface area contributed by atoms with Crippen LogP contribution in [0.1, 0.15) is 10.4 Å². The number of nitrogen functional groups attached to an aromatic ring is 1. The van der Waals surface area contributed by atoms with E-state index in [1.807, 2.05) is 0 Å². The van der Waals surface area contributed by atoms with Crippen molar-refractivity contribution in [3.63, 3.8) is 0 Å². The number of rotatable bonds is 4. The van der Waals surface area contributed by atoms with Crippen molar-refractivity contribution in [2.45, 2.75) is 0 Å². The van der Waals surface area contributed by atoms with E-state index in [0.717, 1.165) is 0 Å². The minimum Gasteiger partial charge on any atom is -0.495 e. The molecular weight excluding hydrogens is 236 g/mol. The van der Waals surface area contributed by atoms with Crippen LogP contribution in [0.4, 0.5) is 5.69 Å². The molecule has 0 atom stereocenters. The van der Waals surface area contributed by atoms with Crippen LogP contribution in [0.15, 0.2) is 18.2 Å². The number of ether oxygens (including phenoxy) is 2. The number of amides is 1. The van der Waals surface area contributed by atoms with Gasteiger partial charge in [0.05, 0.1) is 18.4 Å². The van der Waals surface area contributed by atoms with Crippen LogP contribution in [0.3, 0.4) is 0 Å². The molecule has 0 aliphatic rings. The van der Waals surface area contributed by atoms with E-state index < -0.39 is 5.97 Å². The summed E-state index contributed by atoms with van der Waals surface area (Å²) in [4.78, 5) is 24.2. The van der Waals surface area contributed by atoms with E-state index in [9.17, 15) is 9.59 Å². The monoisotopic (exact) mass is 252 g/mol. The summed E-state index contributed by atoms with van der Waals surface area (Å²) in [5, 5.41) is 0. The van der Waals surface area contributed by atoms with Crippen molar-refractivity contribution in [3.8, 4) is 5.75 Å². The third-order valence-corrected chi connectivity index (χ3v) is 2.29. The molecule has 0 unspecified atom stereocenters. The number of benzene rings is 1. The average Bonchev–Trinajstić information content (AvgIpc) is 2.35. The molecule has 2 N–H and O–H groups in total. The Morgan fingerprint density at radius 1 is 1.33 bits per heavy atom. The molecule has 0 fully saturated rings. The molecule has 1 aromatic carbocycles. The van der Waals surface area contributed by atoms with E-state index in [2.05, 4.69) is 0 Å². The summed E-state index contributed by atoms with van der Waals surface area (Å²) in [5.74, 6) is -0.402. The molecule has 0 saturated heterocycles. The minimum atomic E-state index is -0.598. The summed E-state index contributed by atoms with van der Waals surface area (Å²) in [6.07, 6.45) is 0. The highest BCUT2D eigenvalue weighted by atomic mass is 16.5. The van der Waals surface area contributed by atoms with Gasteiger partial charge in [0.15, 0.2) is 6.61 Å². The van der Waals surface area contributed by atoms with Crippen LogP contribution in [0.25, 0.3) is 0 Å². The maximum atomic E-state index is 11.6. The fraction of sp³-hybridized carbons (Fsp3) is 0.333. The lowest BCUT2D eigenvalue weighted by Crippen LogP contribution is -2.27. The normalized spacial score (nSPS) is 9.72. The van der Waals surface area contributed by atoms with Crippen LogP contribution >= 0.6 is 0 Å². The maximum absolute atomic E-state index is 11.6. The quantitative estimate of drug-likeness (QED) is 0.624. The van der Waals surface area contributed by atoms with Crippen LogP contribution < -0.4 is 10.5 Å². The lowest BCUT2D eigenvalue weighted by molar-refractivity contribution is -0.131. The van der Waals surface area contributed by atoms with Gasteiger partial charge in [-0.2, -0.15) is 0 Å². The standard InChI is InChI=1S/C12H16N2O4/c1-14(2)11(15)7-18-12(16)8-4-5-10(17-3)9(13)6-8/h4-6H,7,13H2,1-3H3. The van der Waals surface area contributed by atoms with Crippen LogP contribution in [-0.2, 0) is 9.53 Å². The van der Waals surface area contributed by atoms with Crippen molar-refractivity contribution in [2.75, 3.05) is 33.5 Å². The molecule has 0 radical (unpaired) electrons. The molecule has 98 valence electrons. The zero-order valence-electron chi connectivity index (χ0n) is 10.6. The van der Waals surface area contributed by atoms with Gasteiger partial charge in [0.2, 0.25) is 0 Å². The van der Waals surface area contributed by atoms with Gasteiger partial charge in [0, 0.05) is 14.1 Å². The van der Waals surface area contributed by atoms with Gasteiger partial charge in [0.1, 0.15) is 5.75 Å². The van der Waals surface area contributed by atoms with Crippen molar-refractivity contribution in [1.82, 2.24) is 4.90 Å². The Hall–Kier alpha value is -2.24. The van der Waals surface area contributed by atoms with Crippen molar-refractivity contribution < 1.29 is 19.1 Å². The number of likely N-dealkylation sites (N-methyl/N-ethyl adjacent to an activating group) is 1. The highest BCUT2D eigenvalue weighted by Crippen LogP contribution is 2.22. The van der Waals surface area contributed by atoms with Gasteiger partial charge in [-0.15, -0.1) is 0 Å². The number of hydrogen-bond acceptors (Lipinski definition) is 5. The van der Waals surface area contributed by atoms with Gasteiger partial charge >= 0.3 is 5.97 Å². The van der Waals surface area contributed by atoms with Crippen molar-refractivity contribution in [1.29, 1.82) is 0 Å². The van der Waals surface area contributed by atoms with Crippen LogP contribution in [0.5, 0.6) is 5.75 Å². The molecule has 1 amide bonds. The second-order valence-corrected chi connectivity index (χ2v) is 3.82. The molecule has 0 spiro atoms. The summed E-state index contributed by atoms with van der Waals surface area (Å²) < 4.78 is 9.82. The number of esters is 1. The van der Waals surface area contributed by atoms with Gasteiger partial charge in [-0.1, -0.05) is 0 Å². The van der Waals surface area contributed by atoms with Crippen molar-refractivity contribution in [3.05, 3.63) is 23.8 Å². The Morgan fingerprint density at radius 3 is 2.50 bits per heavy atom. The zero-order valence-corrected chi connectivity index (χ0v) is 10.6. The van der Waals surface area contributed by atoms with Crippen LogP contribution in [0, 0.1) is 0 Å². The zero-order chi connectivity index (χ0) is 13.7. The molecule has 0 bridgehead atoms. The highest BCUT2D eigenvalue weighted by molar-refractivity contribution is 5.92. The molecule has 0 aromatic heterocycles. The first-order valence-electron chi connectivity index (χ1n) is 5.26. The minimum absolute atomic E-state index is 0.278. The smallest absolute Gasteiger partial charge is 0.338 e. The van der Waals surface area contributed by atoms with E-state index in [1.54, 1.807) is 20.2 Å². The highest BCUT2D eigenvalue weighted by Gasteiger charge is 2.12. The summed E-state index contributed by atoms with van der Waals surface area (Å²) >= 11 is 0. The fourth-order valence-corrected chi connectivity index (χ4v) is 1.20. The lowest BCUT2D eigenvalue weighted by atomic mass is 10.2. The van der Waals surface area contributed by atoms with Gasteiger partial charge in [0.25, 0.3) is 5.91 Å². The van der Waals surface area contributed by atoms with Crippen molar-refractivity contribution in [2.24, 2.45) is 0 Å². The Labute approximate surface area is 105 Å². The van der Waals surface area contributed by atoms with Gasteiger partial charge in [-0.05, 0) is 18.2 Å². The number of methoxy groups -OCH3 is 1. The first kappa shape index (κ1) is 13.8. The van der Waals surface area contributed by atoms with Gasteiger partial charge < -0.3 is 20.1 Å². The predicted molar refractivity (Wildman–Crippen MR) is 66.4 cm³/mol. The number of carbonyl (C=O) groups is 2. The summed E-state index contributed by atoms with van der Waals surface area (Å²) in [7, 11) is 4.66. The average molecular weight is 252 g/mol. The molecule has 0 heterocycles. The number of carbonyl (C=O) groups excluding carboxylic acids is 2. The van der Waals surface area contributed by atoms with Gasteiger partial charge in [-0.25, -0.2) is 4.79 Å². The Morgan fingerprint density at radius 2 is 2.00 bits per heavy atom. The molecule has 0 saturated carbocycles. The first-order valence-corrected chi connectivity index (χ1v) is 5.26. The fourth-order valence-electron chi connectivity index (χ4n) is 1.20. The van der Waals surface area contributed by atoms with Crippen LogP contribution in [0.2, 0.25) is 0 Å². The Balaban J connectivity index is 2.68. The second kappa shape index (κ2) is 5.90. The van der Waals surface area contributed by atoms with E-state index in [1.165, 1.54) is 24.1 Å². The van der Waals surface area contributed by atoms with E-state index in [4.69, 9.17) is 15.2 Å². The Bertz CT molecular complexity index is 457. The van der Waals surface area contributed by atoms with Gasteiger partial charge in [-0.3, -0.25) is 4.79 Å². The first-order chi connectivity index (χ1) is 8.45. The van der Waals surface area contributed by atoms with E-state index in [-0.39, 0.29) is 18.1 Å². The molecule has 6 heteroatoms. The molecule has 1 rings (SSSR count). The summed E-state index contributed by atoms with van der Waals surface area (Å²) in [6.45, 7) is -0.294.